The quantitative estimate of drug-likeness (QED) is 0.531. The zero-order valence-corrected chi connectivity index (χ0v) is 7.71. The van der Waals surface area contributed by atoms with Crippen LogP contribution in [0.3, 0.4) is 0 Å². The molecular weight excluding hydrogens is 156 g/mol. The van der Waals surface area contributed by atoms with Gasteiger partial charge in [0.15, 0.2) is 0 Å². The molecule has 0 aromatic heterocycles. The summed E-state index contributed by atoms with van der Waals surface area (Å²) in [6, 6.07) is -0.425. The van der Waals surface area contributed by atoms with E-state index in [9.17, 15) is 4.79 Å². The Morgan fingerprint density at radius 1 is 1.67 bits per heavy atom. The zero-order chi connectivity index (χ0) is 9.56. The summed E-state index contributed by atoms with van der Waals surface area (Å²) in [6.45, 7) is 3.79. The molecule has 0 aliphatic heterocycles. The van der Waals surface area contributed by atoms with Crippen LogP contribution in [0.1, 0.15) is 26.7 Å². The third-order valence-electron chi connectivity index (χ3n) is 1.73. The van der Waals surface area contributed by atoms with Gasteiger partial charge >= 0.3 is 0 Å². The van der Waals surface area contributed by atoms with Crippen molar-refractivity contribution in [2.45, 2.75) is 38.8 Å². The third-order valence-corrected chi connectivity index (χ3v) is 1.73. The number of carbonyl (C=O) groups excluding carboxylic acids is 1. The lowest BCUT2D eigenvalue weighted by Crippen LogP contribution is -2.44. The molecule has 0 saturated carbocycles. The third kappa shape index (κ3) is 4.31. The predicted octanol–water partition coefficient (Wildman–Crippen LogP) is -0.389. The molecule has 4 nitrogen and oxygen atoms in total. The van der Waals surface area contributed by atoms with Crippen molar-refractivity contribution >= 4 is 5.91 Å². The number of hydrogen-bond donors (Lipinski definition) is 3. The van der Waals surface area contributed by atoms with E-state index < -0.39 is 6.04 Å². The fourth-order valence-corrected chi connectivity index (χ4v) is 0.801. The van der Waals surface area contributed by atoms with Crippen LogP contribution in [0.15, 0.2) is 0 Å². The second-order valence-corrected chi connectivity index (χ2v) is 2.94. The number of aliphatic hydroxyl groups excluding tert-OH is 1. The lowest BCUT2D eigenvalue weighted by atomic mass is 10.2. The first-order valence-corrected chi connectivity index (χ1v) is 4.28. The molecule has 2 unspecified atom stereocenters. The highest BCUT2D eigenvalue weighted by atomic mass is 16.3. The fraction of sp³-hybridized carbons (Fsp3) is 0.875. The maximum absolute atomic E-state index is 11.1. The molecule has 0 spiro atoms. The summed E-state index contributed by atoms with van der Waals surface area (Å²) >= 11 is 0. The number of nitrogens with one attached hydrogen (secondary N) is 1. The Morgan fingerprint density at radius 2 is 2.25 bits per heavy atom. The monoisotopic (exact) mass is 174 g/mol. The van der Waals surface area contributed by atoms with Gasteiger partial charge < -0.3 is 16.2 Å². The highest BCUT2D eigenvalue weighted by Crippen LogP contribution is 1.91. The molecule has 0 bridgehead atoms. The largest absolute Gasteiger partial charge is 0.396 e. The van der Waals surface area contributed by atoms with E-state index in [4.69, 9.17) is 10.8 Å². The van der Waals surface area contributed by atoms with Crippen LogP contribution in [0.4, 0.5) is 0 Å². The molecule has 4 N–H and O–H groups in total. The SMILES string of the molecule is CCC(N)C(=O)NC(C)CCO. The van der Waals surface area contributed by atoms with E-state index >= 15 is 0 Å². The molecule has 2 atom stereocenters. The minimum absolute atomic E-state index is 0.0000926. The second-order valence-electron chi connectivity index (χ2n) is 2.94. The standard InChI is InChI=1S/C8H18N2O2/c1-3-7(9)8(12)10-6(2)4-5-11/h6-7,11H,3-5,9H2,1-2H3,(H,10,12). The number of rotatable bonds is 5. The summed E-state index contributed by atoms with van der Waals surface area (Å²) < 4.78 is 0. The Balaban J connectivity index is 3.67. The summed E-state index contributed by atoms with van der Waals surface area (Å²) in [5.41, 5.74) is 5.49. The average Bonchev–Trinajstić information content (AvgIpc) is 2.03. The molecule has 4 heteroatoms. The summed E-state index contributed by atoms with van der Waals surface area (Å²) in [6.07, 6.45) is 1.21. The van der Waals surface area contributed by atoms with Crippen molar-refractivity contribution < 1.29 is 9.90 Å². The van der Waals surface area contributed by atoms with Crippen molar-refractivity contribution in [1.82, 2.24) is 5.32 Å². The van der Waals surface area contributed by atoms with E-state index in [2.05, 4.69) is 5.32 Å². The summed E-state index contributed by atoms with van der Waals surface area (Å²) in [4.78, 5) is 11.1. The minimum Gasteiger partial charge on any atom is -0.396 e. The van der Waals surface area contributed by atoms with Gasteiger partial charge in [-0.15, -0.1) is 0 Å². The molecule has 0 aromatic carbocycles. The Morgan fingerprint density at radius 3 is 2.67 bits per heavy atom. The normalized spacial score (nSPS) is 15.3. The second kappa shape index (κ2) is 5.97. The van der Waals surface area contributed by atoms with Crippen molar-refractivity contribution in [3.63, 3.8) is 0 Å². The van der Waals surface area contributed by atoms with Crippen LogP contribution < -0.4 is 11.1 Å². The molecular formula is C8H18N2O2. The zero-order valence-electron chi connectivity index (χ0n) is 7.71. The van der Waals surface area contributed by atoms with Crippen LogP contribution in [0.5, 0.6) is 0 Å². The van der Waals surface area contributed by atoms with Gasteiger partial charge in [-0.1, -0.05) is 6.92 Å². The van der Waals surface area contributed by atoms with Crippen molar-refractivity contribution in [1.29, 1.82) is 0 Å². The lowest BCUT2D eigenvalue weighted by molar-refractivity contribution is -0.123. The summed E-state index contributed by atoms with van der Waals surface area (Å²) in [5.74, 6) is -0.140. The first kappa shape index (κ1) is 11.4. The molecule has 0 aromatic rings. The molecule has 0 aliphatic rings. The van der Waals surface area contributed by atoms with Gasteiger partial charge in [0.1, 0.15) is 0 Å². The van der Waals surface area contributed by atoms with Gasteiger partial charge in [0.2, 0.25) is 5.91 Å². The Labute approximate surface area is 73.1 Å². The van der Waals surface area contributed by atoms with Crippen LogP contribution >= 0.6 is 0 Å². The van der Waals surface area contributed by atoms with Crippen LogP contribution in [0.25, 0.3) is 0 Å². The topological polar surface area (TPSA) is 75.4 Å². The maximum Gasteiger partial charge on any atom is 0.237 e. The smallest absolute Gasteiger partial charge is 0.237 e. The van der Waals surface area contributed by atoms with Crippen LogP contribution in [-0.2, 0) is 4.79 Å². The maximum atomic E-state index is 11.1. The van der Waals surface area contributed by atoms with E-state index in [-0.39, 0.29) is 18.6 Å². The van der Waals surface area contributed by atoms with Gasteiger partial charge in [0, 0.05) is 12.6 Å². The van der Waals surface area contributed by atoms with E-state index in [0.717, 1.165) is 0 Å². The van der Waals surface area contributed by atoms with Crippen molar-refractivity contribution in [3.8, 4) is 0 Å². The van der Waals surface area contributed by atoms with Crippen LogP contribution in [0.2, 0.25) is 0 Å². The molecule has 0 heterocycles. The summed E-state index contributed by atoms with van der Waals surface area (Å²) in [5, 5.41) is 11.3. The molecule has 0 aliphatic carbocycles. The Bertz CT molecular complexity index is 139. The van der Waals surface area contributed by atoms with Gasteiger partial charge in [-0.2, -0.15) is 0 Å². The molecule has 0 rings (SSSR count). The van der Waals surface area contributed by atoms with Gasteiger partial charge in [-0.25, -0.2) is 0 Å². The van der Waals surface area contributed by atoms with Crippen LogP contribution in [-0.4, -0.2) is 29.7 Å². The van der Waals surface area contributed by atoms with E-state index in [0.29, 0.717) is 12.8 Å². The minimum atomic E-state index is -0.425. The predicted molar refractivity (Wildman–Crippen MR) is 47.6 cm³/mol. The molecule has 72 valence electrons. The highest BCUT2D eigenvalue weighted by molar-refractivity contribution is 5.81. The molecule has 1 amide bonds. The van der Waals surface area contributed by atoms with Gasteiger partial charge in [-0.3, -0.25) is 4.79 Å². The van der Waals surface area contributed by atoms with Crippen molar-refractivity contribution in [2.75, 3.05) is 6.61 Å². The van der Waals surface area contributed by atoms with E-state index in [1.165, 1.54) is 0 Å². The fourth-order valence-electron chi connectivity index (χ4n) is 0.801. The van der Waals surface area contributed by atoms with E-state index in [1.54, 1.807) is 0 Å². The van der Waals surface area contributed by atoms with Gasteiger partial charge in [0.05, 0.1) is 6.04 Å². The Hall–Kier alpha value is -0.610. The number of hydrogen-bond acceptors (Lipinski definition) is 3. The van der Waals surface area contributed by atoms with Crippen molar-refractivity contribution in [3.05, 3.63) is 0 Å². The Kier molecular flexibility index (Phi) is 5.66. The number of amides is 1. The van der Waals surface area contributed by atoms with Gasteiger partial charge in [-0.05, 0) is 19.8 Å². The van der Waals surface area contributed by atoms with Gasteiger partial charge in [0.25, 0.3) is 0 Å². The highest BCUT2D eigenvalue weighted by Gasteiger charge is 2.12. The van der Waals surface area contributed by atoms with Crippen LogP contribution in [0, 0.1) is 0 Å². The van der Waals surface area contributed by atoms with Crippen molar-refractivity contribution in [2.24, 2.45) is 5.73 Å². The lowest BCUT2D eigenvalue weighted by Gasteiger charge is -2.15. The molecule has 0 radical (unpaired) electrons. The number of carbonyl (C=O) groups is 1. The first-order valence-electron chi connectivity index (χ1n) is 4.28. The molecule has 0 fully saturated rings. The molecule has 0 saturated heterocycles. The number of nitrogens with two attached hydrogens (primary N) is 1. The number of aliphatic hydroxyl groups is 1. The summed E-state index contributed by atoms with van der Waals surface area (Å²) in [7, 11) is 0. The molecule has 12 heavy (non-hydrogen) atoms. The average molecular weight is 174 g/mol. The first-order chi connectivity index (χ1) is 5.61. The van der Waals surface area contributed by atoms with E-state index in [1.807, 2.05) is 13.8 Å².